The van der Waals surface area contributed by atoms with Crippen molar-refractivity contribution >= 4 is 0 Å². The van der Waals surface area contributed by atoms with Crippen molar-refractivity contribution in [2.75, 3.05) is 13.1 Å². The van der Waals surface area contributed by atoms with E-state index in [1.807, 2.05) is 0 Å². The molecule has 2 aliphatic carbocycles. The molecule has 122 valence electrons. The van der Waals surface area contributed by atoms with Crippen LogP contribution in [-0.4, -0.2) is 35.6 Å². The summed E-state index contributed by atoms with van der Waals surface area (Å²) in [5.41, 5.74) is 0.472. The fourth-order valence-corrected chi connectivity index (χ4v) is 5.14. The average molecular weight is 293 g/mol. The second kappa shape index (κ2) is 7.00. The molecule has 2 heteroatoms. The van der Waals surface area contributed by atoms with E-state index in [9.17, 15) is 0 Å². The van der Waals surface area contributed by atoms with Crippen molar-refractivity contribution in [1.82, 2.24) is 10.2 Å². The lowest BCUT2D eigenvalue weighted by atomic mass is 9.77. The van der Waals surface area contributed by atoms with Gasteiger partial charge in [-0.05, 0) is 31.6 Å². The van der Waals surface area contributed by atoms with Gasteiger partial charge in [-0.15, -0.1) is 0 Å². The smallest absolute Gasteiger partial charge is 0.0309 e. The fraction of sp³-hybridized carbons (Fsp3) is 1.00. The third-order valence-electron chi connectivity index (χ3n) is 6.75. The van der Waals surface area contributed by atoms with Crippen molar-refractivity contribution in [2.45, 2.75) is 102 Å². The summed E-state index contributed by atoms with van der Waals surface area (Å²) in [7, 11) is 0. The van der Waals surface area contributed by atoms with Crippen molar-refractivity contribution < 1.29 is 0 Å². The molecule has 0 aromatic carbocycles. The van der Waals surface area contributed by atoms with Gasteiger partial charge in [-0.25, -0.2) is 0 Å². The molecule has 1 saturated heterocycles. The maximum Gasteiger partial charge on any atom is 0.0309 e. The molecule has 0 amide bonds. The first-order chi connectivity index (χ1) is 10.2. The quantitative estimate of drug-likeness (QED) is 0.832. The van der Waals surface area contributed by atoms with Crippen LogP contribution < -0.4 is 5.32 Å². The van der Waals surface area contributed by atoms with E-state index in [2.05, 4.69) is 24.1 Å². The number of hydrogen-bond donors (Lipinski definition) is 1. The molecule has 0 radical (unpaired) electrons. The zero-order chi connectivity index (χ0) is 14.7. The Kier molecular flexibility index (Phi) is 5.27. The van der Waals surface area contributed by atoms with Gasteiger partial charge in [0.15, 0.2) is 0 Å². The second-order valence-electron chi connectivity index (χ2n) is 8.14. The normalized spacial score (nSPS) is 33.1. The van der Waals surface area contributed by atoms with Crippen molar-refractivity contribution in [1.29, 1.82) is 0 Å². The van der Waals surface area contributed by atoms with Gasteiger partial charge in [0.2, 0.25) is 0 Å². The maximum absolute atomic E-state index is 4.03. The second-order valence-corrected chi connectivity index (χ2v) is 8.14. The minimum absolute atomic E-state index is 0.472. The third-order valence-corrected chi connectivity index (χ3v) is 6.75. The van der Waals surface area contributed by atoms with Gasteiger partial charge in [-0.1, -0.05) is 58.8 Å². The van der Waals surface area contributed by atoms with Gasteiger partial charge in [0.25, 0.3) is 0 Å². The van der Waals surface area contributed by atoms with Crippen LogP contribution >= 0.6 is 0 Å². The van der Waals surface area contributed by atoms with E-state index in [0.29, 0.717) is 5.54 Å². The lowest BCUT2D eigenvalue weighted by Crippen LogP contribution is -2.68. The van der Waals surface area contributed by atoms with Crippen molar-refractivity contribution in [3.8, 4) is 0 Å². The van der Waals surface area contributed by atoms with Crippen LogP contribution in [0.25, 0.3) is 0 Å². The molecule has 3 aliphatic rings. The summed E-state index contributed by atoms with van der Waals surface area (Å²) < 4.78 is 0. The molecule has 21 heavy (non-hydrogen) atoms. The van der Waals surface area contributed by atoms with E-state index in [-0.39, 0.29) is 0 Å². The summed E-state index contributed by atoms with van der Waals surface area (Å²) in [5.74, 6) is 0.834. The predicted octanol–water partition coefficient (Wildman–Crippen LogP) is 4.34. The molecule has 3 rings (SSSR count). The zero-order valence-corrected chi connectivity index (χ0v) is 14.4. The number of hydrogen-bond acceptors (Lipinski definition) is 2. The minimum atomic E-state index is 0.472. The van der Waals surface area contributed by atoms with Gasteiger partial charge in [0.1, 0.15) is 0 Å². The summed E-state index contributed by atoms with van der Waals surface area (Å²) in [6.07, 6.45) is 15.8. The molecular weight excluding hydrogens is 256 g/mol. The van der Waals surface area contributed by atoms with E-state index >= 15 is 0 Å². The molecule has 3 fully saturated rings. The SMILES string of the molecule is CCC(C)C1CNC2(CCCCC2)CN1C1CCCCC1. The van der Waals surface area contributed by atoms with Crippen LogP contribution in [0, 0.1) is 5.92 Å². The van der Waals surface area contributed by atoms with Crippen LogP contribution in [0.15, 0.2) is 0 Å². The average Bonchev–Trinajstić information content (AvgIpc) is 2.56. The first-order valence-corrected chi connectivity index (χ1v) is 9.75. The molecule has 2 nitrogen and oxygen atoms in total. The number of nitrogens with zero attached hydrogens (tertiary/aromatic N) is 1. The summed E-state index contributed by atoms with van der Waals surface area (Å²) in [5, 5.41) is 4.03. The Morgan fingerprint density at radius 2 is 1.71 bits per heavy atom. The molecule has 0 aromatic heterocycles. The maximum atomic E-state index is 4.03. The summed E-state index contributed by atoms with van der Waals surface area (Å²) in [4.78, 5) is 2.98. The van der Waals surface area contributed by atoms with Crippen LogP contribution in [0.5, 0.6) is 0 Å². The Hall–Kier alpha value is -0.0800. The number of rotatable bonds is 3. The molecule has 2 saturated carbocycles. The highest BCUT2D eigenvalue weighted by Gasteiger charge is 2.43. The highest BCUT2D eigenvalue weighted by molar-refractivity contribution is 5.02. The van der Waals surface area contributed by atoms with Crippen LogP contribution in [-0.2, 0) is 0 Å². The van der Waals surface area contributed by atoms with Gasteiger partial charge >= 0.3 is 0 Å². The van der Waals surface area contributed by atoms with E-state index in [0.717, 1.165) is 18.0 Å². The Balaban J connectivity index is 1.74. The molecule has 0 bridgehead atoms. The zero-order valence-electron chi connectivity index (χ0n) is 14.4. The number of piperazine rings is 1. The molecule has 2 unspecified atom stereocenters. The van der Waals surface area contributed by atoms with Gasteiger partial charge in [0, 0.05) is 30.7 Å². The van der Waals surface area contributed by atoms with Crippen molar-refractivity contribution in [3.05, 3.63) is 0 Å². The molecule has 0 aromatic rings. The molecule has 2 atom stereocenters. The van der Waals surface area contributed by atoms with Gasteiger partial charge in [-0.2, -0.15) is 0 Å². The summed E-state index contributed by atoms with van der Waals surface area (Å²) in [6.45, 7) is 7.42. The minimum Gasteiger partial charge on any atom is -0.308 e. The number of nitrogens with one attached hydrogen (secondary N) is 1. The van der Waals surface area contributed by atoms with E-state index in [1.165, 1.54) is 83.7 Å². The predicted molar refractivity (Wildman–Crippen MR) is 90.6 cm³/mol. The highest BCUT2D eigenvalue weighted by Crippen LogP contribution is 2.36. The standard InChI is InChI=1S/C19H36N2/c1-3-16(2)18-14-20-19(12-8-5-9-13-19)15-21(18)17-10-6-4-7-11-17/h16-18,20H,3-15H2,1-2H3. The fourth-order valence-electron chi connectivity index (χ4n) is 5.14. The van der Waals surface area contributed by atoms with Gasteiger partial charge in [-0.3, -0.25) is 4.90 Å². The highest BCUT2D eigenvalue weighted by atomic mass is 15.3. The first kappa shape index (κ1) is 15.8. The van der Waals surface area contributed by atoms with Crippen LogP contribution in [0.4, 0.5) is 0 Å². The van der Waals surface area contributed by atoms with Crippen LogP contribution in [0.2, 0.25) is 0 Å². The van der Waals surface area contributed by atoms with Gasteiger partial charge < -0.3 is 5.32 Å². The monoisotopic (exact) mass is 292 g/mol. The Labute approximate surface area is 132 Å². The Morgan fingerprint density at radius 3 is 2.38 bits per heavy atom. The topological polar surface area (TPSA) is 15.3 Å². The molecule has 1 aliphatic heterocycles. The van der Waals surface area contributed by atoms with E-state index in [4.69, 9.17) is 0 Å². The summed E-state index contributed by atoms with van der Waals surface area (Å²) in [6, 6.07) is 1.67. The largest absolute Gasteiger partial charge is 0.308 e. The van der Waals surface area contributed by atoms with Gasteiger partial charge in [0.05, 0.1) is 0 Å². The molecule has 1 heterocycles. The van der Waals surface area contributed by atoms with E-state index in [1.54, 1.807) is 0 Å². The molecule has 1 spiro atoms. The van der Waals surface area contributed by atoms with Crippen molar-refractivity contribution in [2.24, 2.45) is 5.92 Å². The Morgan fingerprint density at radius 1 is 1.05 bits per heavy atom. The summed E-state index contributed by atoms with van der Waals surface area (Å²) >= 11 is 0. The molecule has 1 N–H and O–H groups in total. The van der Waals surface area contributed by atoms with Crippen LogP contribution in [0.3, 0.4) is 0 Å². The third kappa shape index (κ3) is 3.47. The van der Waals surface area contributed by atoms with Crippen LogP contribution in [0.1, 0.15) is 84.5 Å². The van der Waals surface area contributed by atoms with Crippen molar-refractivity contribution in [3.63, 3.8) is 0 Å². The Bertz CT molecular complexity index is 316. The first-order valence-electron chi connectivity index (χ1n) is 9.75. The lowest BCUT2D eigenvalue weighted by Gasteiger charge is -2.54. The lowest BCUT2D eigenvalue weighted by molar-refractivity contribution is -0.00803. The molecular formula is C19H36N2. The van der Waals surface area contributed by atoms with E-state index < -0.39 is 0 Å².